The number of alkyl halides is 2. The molecule has 6 rings (SSSR count). The average Bonchev–Trinajstić information content (AvgIpc) is 3.37. The van der Waals surface area contributed by atoms with Crippen LogP contribution in [0.5, 0.6) is 5.75 Å². The second-order valence-corrected chi connectivity index (χ2v) is 10.2. The van der Waals surface area contributed by atoms with Crippen LogP contribution in [0, 0.1) is 0 Å². The van der Waals surface area contributed by atoms with Crippen molar-refractivity contribution in [3.05, 3.63) is 53.3 Å². The predicted molar refractivity (Wildman–Crippen MR) is 126 cm³/mol. The predicted octanol–water partition coefficient (Wildman–Crippen LogP) is 4.06. The number of rotatable bonds is 3. The van der Waals surface area contributed by atoms with Crippen molar-refractivity contribution < 1.29 is 31.7 Å². The van der Waals surface area contributed by atoms with Gasteiger partial charge in [0.15, 0.2) is 0 Å². The SMILES string of the molecule is [2H]C([2H])([2H])N1C(=O)c2cccc(OC(F)F)c2[C@H]2C[C@@H]1c1nc3ccc(B4OC(C)(C)C(C)(C)O4)cc3n12. The highest BCUT2D eigenvalue weighted by atomic mass is 19.3. The van der Waals surface area contributed by atoms with E-state index in [0.29, 0.717) is 16.9 Å². The van der Waals surface area contributed by atoms with E-state index >= 15 is 0 Å². The van der Waals surface area contributed by atoms with Gasteiger partial charge in [-0.15, -0.1) is 0 Å². The van der Waals surface area contributed by atoms with E-state index in [0.717, 1.165) is 10.4 Å². The molecule has 0 saturated carbocycles. The lowest BCUT2D eigenvalue weighted by Gasteiger charge is -2.32. The topological polar surface area (TPSA) is 65.8 Å². The van der Waals surface area contributed by atoms with Crippen LogP contribution in [0.15, 0.2) is 36.4 Å². The molecule has 35 heavy (non-hydrogen) atoms. The van der Waals surface area contributed by atoms with Gasteiger partial charge < -0.3 is 23.5 Å². The Bertz CT molecular complexity index is 1460. The summed E-state index contributed by atoms with van der Waals surface area (Å²) in [5.41, 5.74) is 1.08. The van der Waals surface area contributed by atoms with Crippen molar-refractivity contribution in [2.24, 2.45) is 0 Å². The van der Waals surface area contributed by atoms with Crippen LogP contribution in [0.4, 0.5) is 8.78 Å². The molecule has 3 aliphatic heterocycles. The van der Waals surface area contributed by atoms with Crippen LogP contribution in [-0.4, -0.2) is 52.3 Å². The Morgan fingerprint density at radius 2 is 1.91 bits per heavy atom. The molecule has 2 atom stereocenters. The number of imidazole rings is 1. The normalized spacial score (nSPS) is 25.8. The van der Waals surface area contributed by atoms with Gasteiger partial charge in [-0.2, -0.15) is 8.78 Å². The third kappa shape index (κ3) is 3.15. The highest BCUT2D eigenvalue weighted by molar-refractivity contribution is 6.62. The molecule has 10 heteroatoms. The van der Waals surface area contributed by atoms with Crippen molar-refractivity contribution >= 4 is 29.5 Å². The van der Waals surface area contributed by atoms with Gasteiger partial charge in [0.05, 0.1) is 34.3 Å². The summed E-state index contributed by atoms with van der Waals surface area (Å²) in [5, 5.41) is 0. The maximum Gasteiger partial charge on any atom is 0.494 e. The zero-order chi connectivity index (χ0) is 27.4. The summed E-state index contributed by atoms with van der Waals surface area (Å²) in [7, 11) is -0.649. The Labute approximate surface area is 206 Å². The van der Waals surface area contributed by atoms with E-state index in [9.17, 15) is 13.6 Å². The monoisotopic (exact) mass is 484 g/mol. The van der Waals surface area contributed by atoms with Crippen LogP contribution in [0.3, 0.4) is 0 Å². The number of amides is 1. The first-order valence-corrected chi connectivity index (χ1v) is 11.5. The largest absolute Gasteiger partial charge is 0.494 e. The first-order valence-electron chi connectivity index (χ1n) is 13.0. The molecule has 0 unspecified atom stereocenters. The molecule has 3 aromatic rings. The standard InChI is InChI=1S/C25H26BF2N3O4/c1-24(2)25(3,4)35-26(34-24)13-9-10-15-16(11-13)31-17-12-18(21(31)29-15)30(5)22(32)14-7-6-8-19(20(14)17)33-23(27)28/h6-11,17-18,23H,12H2,1-5H3/t17-,18-/m1/s1/i5D3. The van der Waals surface area contributed by atoms with E-state index in [2.05, 4.69) is 0 Å². The van der Waals surface area contributed by atoms with Crippen LogP contribution >= 0.6 is 0 Å². The van der Waals surface area contributed by atoms with Crippen LogP contribution in [-0.2, 0) is 9.31 Å². The molecule has 2 bridgehead atoms. The van der Waals surface area contributed by atoms with Crippen molar-refractivity contribution in [2.75, 3.05) is 6.98 Å². The first-order chi connectivity index (χ1) is 17.7. The lowest BCUT2D eigenvalue weighted by Crippen LogP contribution is -2.41. The molecule has 7 nitrogen and oxygen atoms in total. The van der Waals surface area contributed by atoms with Crippen LogP contribution < -0.4 is 10.2 Å². The van der Waals surface area contributed by atoms with Crippen LogP contribution in [0.1, 0.15) is 72.1 Å². The zero-order valence-corrected chi connectivity index (χ0v) is 19.7. The molecule has 182 valence electrons. The number of halogens is 2. The Balaban J connectivity index is 1.56. The summed E-state index contributed by atoms with van der Waals surface area (Å²) in [6.45, 7) is 1.92. The van der Waals surface area contributed by atoms with Gasteiger partial charge in [0.25, 0.3) is 5.91 Å². The van der Waals surface area contributed by atoms with Crippen molar-refractivity contribution in [3.8, 4) is 5.75 Å². The fourth-order valence-corrected chi connectivity index (χ4v) is 5.25. The summed E-state index contributed by atoms with van der Waals surface area (Å²) in [5.74, 6) is -0.569. The summed E-state index contributed by atoms with van der Waals surface area (Å²) in [4.78, 5) is 19.1. The van der Waals surface area contributed by atoms with E-state index in [-0.39, 0.29) is 23.3 Å². The van der Waals surface area contributed by atoms with Crippen LogP contribution in [0.25, 0.3) is 11.0 Å². The van der Waals surface area contributed by atoms with Crippen molar-refractivity contribution in [1.29, 1.82) is 0 Å². The molecule has 3 aliphatic rings. The second kappa shape index (κ2) is 7.27. The summed E-state index contributed by atoms with van der Waals surface area (Å²) < 4.78 is 70.2. The van der Waals surface area contributed by atoms with Gasteiger partial charge in [-0.3, -0.25) is 4.79 Å². The summed E-state index contributed by atoms with van der Waals surface area (Å²) >= 11 is 0. The zero-order valence-electron chi connectivity index (χ0n) is 22.7. The number of benzene rings is 2. The number of nitrogens with zero attached hydrogens (tertiary/aromatic N) is 3. The van der Waals surface area contributed by atoms with Gasteiger partial charge in [-0.1, -0.05) is 12.1 Å². The average molecular weight is 484 g/mol. The molecule has 2 aromatic carbocycles. The minimum absolute atomic E-state index is 0.0152. The number of carbonyl (C=O) groups is 1. The number of fused-ring (bicyclic) bond motifs is 9. The Morgan fingerprint density at radius 3 is 2.60 bits per heavy atom. The molecule has 0 aliphatic carbocycles. The number of ether oxygens (including phenoxy) is 1. The van der Waals surface area contributed by atoms with Gasteiger partial charge in [0.2, 0.25) is 0 Å². The molecular formula is C25H26BF2N3O4. The van der Waals surface area contributed by atoms with Gasteiger partial charge in [0, 0.05) is 28.6 Å². The molecule has 1 saturated heterocycles. The van der Waals surface area contributed by atoms with E-state index < -0.39 is 49.9 Å². The van der Waals surface area contributed by atoms with Gasteiger partial charge in [0.1, 0.15) is 11.6 Å². The summed E-state index contributed by atoms with van der Waals surface area (Å²) in [6, 6.07) is 8.17. The second-order valence-electron chi connectivity index (χ2n) is 10.2. The van der Waals surface area contributed by atoms with Gasteiger partial charge in [-0.25, -0.2) is 4.98 Å². The summed E-state index contributed by atoms with van der Waals surface area (Å²) in [6.07, 6.45) is 0.153. The Kier molecular flexibility index (Phi) is 4.00. The molecule has 0 N–H and O–H groups in total. The van der Waals surface area contributed by atoms with Crippen molar-refractivity contribution in [2.45, 2.75) is 64.0 Å². The lowest BCUT2D eigenvalue weighted by molar-refractivity contribution is -0.0507. The minimum Gasteiger partial charge on any atom is -0.434 e. The van der Waals surface area contributed by atoms with Crippen molar-refractivity contribution in [1.82, 2.24) is 14.5 Å². The third-order valence-corrected chi connectivity index (χ3v) is 7.70. The minimum atomic E-state index is -3.12. The van der Waals surface area contributed by atoms with Gasteiger partial charge in [-0.05, 0) is 57.4 Å². The van der Waals surface area contributed by atoms with E-state index in [4.69, 9.17) is 23.1 Å². The molecule has 1 aromatic heterocycles. The highest BCUT2D eigenvalue weighted by Gasteiger charge is 2.52. The Morgan fingerprint density at radius 1 is 1.17 bits per heavy atom. The molecule has 1 amide bonds. The molecular weight excluding hydrogens is 455 g/mol. The number of aromatic nitrogens is 2. The van der Waals surface area contributed by atoms with E-state index in [1.165, 1.54) is 18.2 Å². The van der Waals surface area contributed by atoms with E-state index in [1.807, 2.05) is 44.4 Å². The Hall–Kier alpha value is -2.98. The maximum atomic E-state index is 13.5. The third-order valence-electron chi connectivity index (χ3n) is 7.70. The molecule has 0 spiro atoms. The lowest BCUT2D eigenvalue weighted by atomic mass is 9.79. The number of carbonyl (C=O) groups excluding carboxylic acids is 1. The quantitative estimate of drug-likeness (QED) is 0.525. The fourth-order valence-electron chi connectivity index (χ4n) is 5.25. The van der Waals surface area contributed by atoms with Crippen molar-refractivity contribution in [3.63, 3.8) is 0 Å². The number of hydrogen-bond donors (Lipinski definition) is 0. The first kappa shape index (κ1) is 19.2. The fraction of sp³-hybridized carbons (Fsp3) is 0.440. The molecule has 0 radical (unpaired) electrons. The molecule has 1 fully saturated rings. The van der Waals surface area contributed by atoms with Crippen LogP contribution in [0.2, 0.25) is 0 Å². The highest BCUT2D eigenvalue weighted by Crippen LogP contribution is 2.50. The molecule has 4 heterocycles. The maximum absolute atomic E-state index is 13.5. The number of hydrogen-bond acceptors (Lipinski definition) is 5. The van der Waals surface area contributed by atoms with E-state index in [1.54, 1.807) is 6.07 Å². The smallest absolute Gasteiger partial charge is 0.434 e. The van der Waals surface area contributed by atoms with Gasteiger partial charge >= 0.3 is 13.7 Å².